The summed E-state index contributed by atoms with van der Waals surface area (Å²) in [4.78, 5) is 15.5. The Morgan fingerprint density at radius 1 is 1.18 bits per heavy atom. The molecule has 1 aromatic heterocycles. The maximum Gasteiger partial charge on any atom is 0.252 e. The number of nitrogens with zero attached hydrogens (tertiary/aromatic N) is 2. The van der Waals surface area contributed by atoms with Gasteiger partial charge in [-0.15, -0.1) is 11.3 Å². The molecule has 28 heavy (non-hydrogen) atoms. The highest BCUT2D eigenvalue weighted by Gasteiger charge is 2.53. The number of likely N-dealkylation sites (tertiary alicyclic amines) is 1. The molecule has 0 bridgehead atoms. The zero-order valence-electron chi connectivity index (χ0n) is 16.4. The average molecular weight is 426 g/mol. The molecule has 1 aliphatic carbocycles. The Hall–Kier alpha value is -0.960. The maximum absolute atomic E-state index is 13.1. The van der Waals surface area contributed by atoms with Gasteiger partial charge in [0.25, 0.3) is 10.0 Å². The summed E-state index contributed by atoms with van der Waals surface area (Å²) in [5.74, 6) is -0.189. The van der Waals surface area contributed by atoms with Gasteiger partial charge >= 0.3 is 0 Å². The fourth-order valence-corrected chi connectivity index (χ4v) is 7.93. The summed E-state index contributed by atoms with van der Waals surface area (Å²) in [6.07, 6.45) is 7.75. The average Bonchev–Trinajstić information content (AvgIpc) is 3.44. The number of carbonyl (C=O) groups is 1. The normalized spacial score (nSPS) is 26.1. The van der Waals surface area contributed by atoms with Crippen LogP contribution in [0, 0.1) is 11.3 Å². The number of amides is 1. The van der Waals surface area contributed by atoms with Crippen LogP contribution in [-0.4, -0.2) is 62.8 Å². The Morgan fingerprint density at radius 3 is 2.61 bits per heavy atom. The van der Waals surface area contributed by atoms with Crippen LogP contribution < -0.4 is 5.32 Å². The lowest BCUT2D eigenvalue weighted by Crippen LogP contribution is -2.44. The molecule has 1 N–H and O–H groups in total. The maximum atomic E-state index is 13.1. The van der Waals surface area contributed by atoms with Gasteiger partial charge in [0.1, 0.15) is 4.21 Å². The Balaban J connectivity index is 1.46. The minimum absolute atomic E-state index is 0.0463. The minimum Gasteiger partial charge on any atom is -0.355 e. The van der Waals surface area contributed by atoms with Crippen molar-refractivity contribution in [3.05, 3.63) is 17.5 Å². The Labute approximate surface area is 172 Å². The Bertz CT molecular complexity index is 767. The zero-order chi connectivity index (χ0) is 19.6. The molecule has 3 fully saturated rings. The van der Waals surface area contributed by atoms with E-state index in [-0.39, 0.29) is 17.2 Å². The molecule has 1 atom stereocenters. The van der Waals surface area contributed by atoms with E-state index < -0.39 is 10.0 Å². The molecular formula is C20H31N3O3S2. The van der Waals surface area contributed by atoms with Gasteiger partial charge in [-0.25, -0.2) is 8.42 Å². The summed E-state index contributed by atoms with van der Waals surface area (Å²) in [7, 11) is -3.51. The molecule has 156 valence electrons. The first-order chi connectivity index (χ1) is 13.5. The highest BCUT2D eigenvalue weighted by molar-refractivity contribution is 7.91. The van der Waals surface area contributed by atoms with Crippen molar-refractivity contribution in [3.63, 3.8) is 0 Å². The molecule has 3 heterocycles. The number of sulfonamides is 1. The predicted octanol–water partition coefficient (Wildman–Crippen LogP) is 2.53. The van der Waals surface area contributed by atoms with Crippen LogP contribution in [0.15, 0.2) is 21.7 Å². The van der Waals surface area contributed by atoms with E-state index in [0.717, 1.165) is 45.3 Å². The van der Waals surface area contributed by atoms with Crippen LogP contribution in [0.2, 0.25) is 0 Å². The van der Waals surface area contributed by atoms with Crippen molar-refractivity contribution in [3.8, 4) is 0 Å². The molecular weight excluding hydrogens is 394 g/mol. The minimum atomic E-state index is -3.51. The van der Waals surface area contributed by atoms with Crippen LogP contribution in [0.3, 0.4) is 0 Å². The van der Waals surface area contributed by atoms with Gasteiger partial charge in [-0.05, 0) is 55.6 Å². The first-order valence-corrected chi connectivity index (χ1v) is 12.9. The Morgan fingerprint density at radius 2 is 1.93 bits per heavy atom. The van der Waals surface area contributed by atoms with Crippen LogP contribution in [0.5, 0.6) is 0 Å². The lowest BCUT2D eigenvalue weighted by atomic mass is 9.67. The van der Waals surface area contributed by atoms with Crippen LogP contribution in [-0.2, 0) is 14.8 Å². The highest BCUT2D eigenvalue weighted by Crippen LogP contribution is 2.49. The van der Waals surface area contributed by atoms with E-state index in [9.17, 15) is 13.2 Å². The van der Waals surface area contributed by atoms with E-state index in [1.54, 1.807) is 21.8 Å². The second kappa shape index (κ2) is 8.42. The molecule has 2 saturated heterocycles. The smallest absolute Gasteiger partial charge is 0.252 e. The molecule has 2 aliphatic heterocycles. The number of nitrogens with one attached hydrogen (secondary N) is 1. The molecule has 0 radical (unpaired) electrons. The Kier molecular flexibility index (Phi) is 6.11. The van der Waals surface area contributed by atoms with E-state index in [4.69, 9.17) is 0 Å². The third-order valence-corrected chi connectivity index (χ3v) is 9.98. The van der Waals surface area contributed by atoms with E-state index in [0.29, 0.717) is 23.8 Å². The standard InChI is InChI=1S/C20H31N3O3S2/c24-19(21-10-13-22-11-4-5-12-22)17-15-23(16-20(17)8-2-1-3-9-20)28(25,26)18-7-6-14-27-18/h6-7,14,17H,1-5,8-13,15-16H2,(H,21,24)/t17-/m1/s1. The molecule has 1 amide bonds. The second-order valence-electron chi connectivity index (χ2n) is 8.55. The number of hydrogen-bond donors (Lipinski definition) is 1. The lowest BCUT2D eigenvalue weighted by molar-refractivity contribution is -0.128. The molecule has 1 spiro atoms. The van der Waals surface area contributed by atoms with Gasteiger partial charge in [-0.3, -0.25) is 4.79 Å². The lowest BCUT2D eigenvalue weighted by Gasteiger charge is -2.37. The molecule has 0 unspecified atom stereocenters. The van der Waals surface area contributed by atoms with E-state index in [1.807, 2.05) is 0 Å². The van der Waals surface area contributed by atoms with Crippen molar-refractivity contribution in [1.82, 2.24) is 14.5 Å². The highest BCUT2D eigenvalue weighted by atomic mass is 32.2. The van der Waals surface area contributed by atoms with Crippen molar-refractivity contribution >= 4 is 27.3 Å². The van der Waals surface area contributed by atoms with Gasteiger partial charge in [-0.2, -0.15) is 4.31 Å². The molecule has 0 aromatic carbocycles. The molecule has 1 saturated carbocycles. The zero-order valence-corrected chi connectivity index (χ0v) is 18.1. The van der Waals surface area contributed by atoms with Crippen LogP contribution in [0.4, 0.5) is 0 Å². The van der Waals surface area contributed by atoms with Gasteiger partial charge < -0.3 is 10.2 Å². The summed E-state index contributed by atoms with van der Waals surface area (Å²) in [6, 6.07) is 3.43. The van der Waals surface area contributed by atoms with Crippen LogP contribution in [0.1, 0.15) is 44.9 Å². The number of thiophene rings is 1. The van der Waals surface area contributed by atoms with Crippen molar-refractivity contribution in [2.24, 2.45) is 11.3 Å². The molecule has 1 aromatic rings. The van der Waals surface area contributed by atoms with Gasteiger partial charge in [0.2, 0.25) is 5.91 Å². The fraction of sp³-hybridized carbons (Fsp3) is 0.750. The molecule has 6 nitrogen and oxygen atoms in total. The molecule has 4 rings (SSSR count). The SMILES string of the molecule is O=C(NCCN1CCCC1)[C@H]1CN(S(=O)(=O)c2cccs2)CC12CCCCC2. The van der Waals surface area contributed by atoms with Crippen LogP contribution >= 0.6 is 11.3 Å². The van der Waals surface area contributed by atoms with Gasteiger partial charge in [0, 0.05) is 26.2 Å². The number of carbonyl (C=O) groups excluding carboxylic acids is 1. The summed E-state index contributed by atoms with van der Waals surface area (Å²) in [5.41, 5.74) is -0.194. The van der Waals surface area contributed by atoms with Crippen molar-refractivity contribution in [2.45, 2.75) is 49.2 Å². The molecule has 8 heteroatoms. The van der Waals surface area contributed by atoms with E-state index in [2.05, 4.69) is 10.2 Å². The van der Waals surface area contributed by atoms with Gasteiger partial charge in [0.15, 0.2) is 0 Å². The van der Waals surface area contributed by atoms with Crippen LogP contribution in [0.25, 0.3) is 0 Å². The summed E-state index contributed by atoms with van der Waals surface area (Å²) >= 11 is 1.25. The summed E-state index contributed by atoms with van der Waals surface area (Å²) < 4.78 is 28.1. The molecule has 3 aliphatic rings. The third kappa shape index (κ3) is 4.01. The quantitative estimate of drug-likeness (QED) is 0.760. The first kappa shape index (κ1) is 20.3. The number of hydrogen-bond acceptors (Lipinski definition) is 5. The second-order valence-corrected chi connectivity index (χ2v) is 11.7. The van der Waals surface area contributed by atoms with Crippen molar-refractivity contribution in [1.29, 1.82) is 0 Å². The number of rotatable bonds is 6. The van der Waals surface area contributed by atoms with E-state index in [1.165, 1.54) is 30.6 Å². The third-order valence-electron chi connectivity index (χ3n) is 6.80. The van der Waals surface area contributed by atoms with Gasteiger partial charge in [-0.1, -0.05) is 25.3 Å². The van der Waals surface area contributed by atoms with Crippen molar-refractivity contribution < 1.29 is 13.2 Å². The fourth-order valence-electron chi connectivity index (χ4n) is 5.23. The van der Waals surface area contributed by atoms with Gasteiger partial charge in [0.05, 0.1) is 5.92 Å². The first-order valence-electron chi connectivity index (χ1n) is 10.6. The largest absolute Gasteiger partial charge is 0.355 e. The monoisotopic (exact) mass is 425 g/mol. The summed E-state index contributed by atoms with van der Waals surface area (Å²) in [6.45, 7) is 4.59. The topological polar surface area (TPSA) is 69.7 Å². The predicted molar refractivity (Wildman–Crippen MR) is 111 cm³/mol. The van der Waals surface area contributed by atoms with E-state index >= 15 is 0 Å². The van der Waals surface area contributed by atoms with Crippen molar-refractivity contribution in [2.75, 3.05) is 39.3 Å². The summed E-state index contributed by atoms with van der Waals surface area (Å²) in [5, 5.41) is 4.92.